The first kappa shape index (κ1) is 16.5. The minimum Gasteiger partial charge on any atom is -0.494 e. The molecule has 0 bridgehead atoms. The van der Waals surface area contributed by atoms with Gasteiger partial charge in [-0.05, 0) is 48.0 Å². The van der Waals surface area contributed by atoms with Crippen molar-refractivity contribution in [2.24, 2.45) is 0 Å². The van der Waals surface area contributed by atoms with Crippen LogP contribution in [0, 0.1) is 5.82 Å². The first-order valence-electron chi connectivity index (χ1n) is 8.04. The van der Waals surface area contributed by atoms with E-state index in [2.05, 4.69) is 10.1 Å². The van der Waals surface area contributed by atoms with Crippen LogP contribution >= 0.6 is 11.6 Å². The summed E-state index contributed by atoms with van der Waals surface area (Å²) >= 11 is 6.02. The van der Waals surface area contributed by atoms with Gasteiger partial charge in [0.25, 0.3) is 0 Å². The fourth-order valence-electron chi connectivity index (χ4n) is 2.86. The van der Waals surface area contributed by atoms with Crippen molar-refractivity contribution in [1.29, 1.82) is 0 Å². The molecular formula is C20H15ClFN3O. The molecule has 0 aliphatic carbocycles. The average Bonchev–Trinajstić information content (AvgIpc) is 3.04. The summed E-state index contributed by atoms with van der Waals surface area (Å²) < 4.78 is 20.5. The van der Waals surface area contributed by atoms with E-state index >= 15 is 0 Å². The molecule has 0 fully saturated rings. The number of rotatable bonds is 4. The summed E-state index contributed by atoms with van der Waals surface area (Å²) in [4.78, 5) is 4.49. The monoisotopic (exact) mass is 367 g/mol. The molecule has 0 saturated heterocycles. The van der Waals surface area contributed by atoms with Gasteiger partial charge in [0.05, 0.1) is 31.1 Å². The van der Waals surface area contributed by atoms with Gasteiger partial charge in [-0.1, -0.05) is 17.7 Å². The van der Waals surface area contributed by atoms with Crippen LogP contribution < -0.4 is 4.74 Å². The highest BCUT2D eigenvalue weighted by Crippen LogP contribution is 2.25. The summed E-state index contributed by atoms with van der Waals surface area (Å²) in [6, 6.07) is 14.3. The first-order chi connectivity index (χ1) is 12.6. The number of fused-ring (bicyclic) bond motifs is 1. The van der Waals surface area contributed by atoms with Crippen molar-refractivity contribution < 1.29 is 9.13 Å². The van der Waals surface area contributed by atoms with Gasteiger partial charge in [-0.25, -0.2) is 4.39 Å². The quantitative estimate of drug-likeness (QED) is 0.512. The number of aromatic nitrogens is 3. The lowest BCUT2D eigenvalue weighted by atomic mass is 10.1. The third kappa shape index (κ3) is 3.13. The number of benzene rings is 2. The number of methoxy groups -OCH3 is 1. The number of pyridine rings is 1. The fourth-order valence-corrected chi connectivity index (χ4v) is 3.05. The highest BCUT2D eigenvalue weighted by Gasteiger charge is 2.08. The van der Waals surface area contributed by atoms with E-state index in [1.54, 1.807) is 24.5 Å². The Hall–Kier alpha value is -2.92. The Kier molecular flexibility index (Phi) is 4.31. The SMILES string of the molecule is COc1cc(-c2ccc(Cn3ncc4cc(Cl)ccc43)cn2)ccc1F. The Morgan fingerprint density at radius 1 is 1.08 bits per heavy atom. The lowest BCUT2D eigenvalue weighted by Gasteiger charge is -2.07. The van der Waals surface area contributed by atoms with E-state index in [0.717, 1.165) is 27.7 Å². The third-order valence-corrected chi connectivity index (χ3v) is 4.44. The second kappa shape index (κ2) is 6.77. The number of hydrogen-bond donors (Lipinski definition) is 0. The predicted molar refractivity (Wildman–Crippen MR) is 100 cm³/mol. The van der Waals surface area contributed by atoms with Gasteiger partial charge in [0, 0.05) is 22.2 Å². The van der Waals surface area contributed by atoms with E-state index in [0.29, 0.717) is 11.6 Å². The lowest BCUT2D eigenvalue weighted by Crippen LogP contribution is -2.02. The molecule has 4 nitrogen and oxygen atoms in total. The molecule has 4 aromatic rings. The molecule has 0 amide bonds. The van der Waals surface area contributed by atoms with Crippen LogP contribution in [0.25, 0.3) is 22.2 Å². The van der Waals surface area contributed by atoms with Crippen LogP contribution in [0.1, 0.15) is 5.56 Å². The van der Waals surface area contributed by atoms with E-state index in [1.165, 1.54) is 13.2 Å². The van der Waals surface area contributed by atoms with Crippen molar-refractivity contribution in [2.45, 2.75) is 6.54 Å². The van der Waals surface area contributed by atoms with Crippen LogP contribution in [0.15, 0.2) is 60.9 Å². The van der Waals surface area contributed by atoms with Crippen LogP contribution in [0.5, 0.6) is 5.75 Å². The van der Waals surface area contributed by atoms with Crippen LogP contribution in [-0.2, 0) is 6.54 Å². The lowest BCUT2D eigenvalue weighted by molar-refractivity contribution is 0.387. The summed E-state index contributed by atoms with van der Waals surface area (Å²) in [5.41, 5.74) is 3.59. The zero-order valence-electron chi connectivity index (χ0n) is 14.0. The van der Waals surface area contributed by atoms with E-state index in [4.69, 9.17) is 16.3 Å². The van der Waals surface area contributed by atoms with Gasteiger partial charge in [-0.2, -0.15) is 5.10 Å². The van der Waals surface area contributed by atoms with Gasteiger partial charge in [-0.3, -0.25) is 9.67 Å². The number of nitrogens with zero attached hydrogens (tertiary/aromatic N) is 3. The smallest absolute Gasteiger partial charge is 0.165 e. The third-order valence-electron chi connectivity index (χ3n) is 4.21. The number of ether oxygens (including phenoxy) is 1. The predicted octanol–water partition coefficient (Wildman–Crippen LogP) is 4.95. The van der Waals surface area contributed by atoms with Crippen molar-refractivity contribution in [3.63, 3.8) is 0 Å². The zero-order chi connectivity index (χ0) is 18.1. The summed E-state index contributed by atoms with van der Waals surface area (Å²) in [6.45, 7) is 0.602. The molecule has 0 atom stereocenters. The molecule has 6 heteroatoms. The summed E-state index contributed by atoms with van der Waals surface area (Å²) in [5.74, 6) is -0.186. The van der Waals surface area contributed by atoms with E-state index in [-0.39, 0.29) is 5.75 Å². The van der Waals surface area contributed by atoms with Gasteiger partial charge >= 0.3 is 0 Å². The molecule has 0 aliphatic heterocycles. The molecule has 26 heavy (non-hydrogen) atoms. The van der Waals surface area contributed by atoms with Gasteiger partial charge < -0.3 is 4.74 Å². The molecule has 0 aliphatic rings. The molecule has 2 aromatic heterocycles. The zero-order valence-corrected chi connectivity index (χ0v) is 14.7. The normalized spacial score (nSPS) is 11.0. The summed E-state index contributed by atoms with van der Waals surface area (Å²) in [7, 11) is 1.44. The Morgan fingerprint density at radius 3 is 2.73 bits per heavy atom. The van der Waals surface area contributed by atoms with Crippen LogP contribution in [0.2, 0.25) is 5.02 Å². The Balaban J connectivity index is 1.59. The Labute approximate surface area is 154 Å². The van der Waals surface area contributed by atoms with Gasteiger partial charge in [-0.15, -0.1) is 0 Å². The topological polar surface area (TPSA) is 39.9 Å². The molecule has 0 N–H and O–H groups in total. The van der Waals surface area contributed by atoms with E-state index in [1.807, 2.05) is 35.0 Å². The Morgan fingerprint density at radius 2 is 1.96 bits per heavy atom. The number of halogens is 2. The highest BCUT2D eigenvalue weighted by molar-refractivity contribution is 6.31. The molecule has 130 valence electrons. The van der Waals surface area contributed by atoms with Gasteiger partial charge in [0.15, 0.2) is 11.6 Å². The number of hydrogen-bond acceptors (Lipinski definition) is 3. The molecule has 4 rings (SSSR count). The minimum atomic E-state index is -0.390. The average molecular weight is 368 g/mol. The van der Waals surface area contributed by atoms with E-state index in [9.17, 15) is 4.39 Å². The second-order valence-electron chi connectivity index (χ2n) is 5.91. The maximum absolute atomic E-state index is 13.6. The maximum atomic E-state index is 13.6. The summed E-state index contributed by atoms with van der Waals surface area (Å²) in [5, 5.41) is 6.11. The largest absolute Gasteiger partial charge is 0.494 e. The molecule has 0 unspecified atom stereocenters. The molecule has 2 aromatic carbocycles. The minimum absolute atomic E-state index is 0.204. The maximum Gasteiger partial charge on any atom is 0.165 e. The van der Waals surface area contributed by atoms with Crippen LogP contribution in [0.4, 0.5) is 4.39 Å². The molecular weight excluding hydrogens is 353 g/mol. The summed E-state index contributed by atoms with van der Waals surface area (Å²) in [6.07, 6.45) is 3.60. The molecule has 0 saturated carbocycles. The van der Waals surface area contributed by atoms with Crippen molar-refractivity contribution in [3.05, 3.63) is 77.3 Å². The van der Waals surface area contributed by atoms with Gasteiger partial charge in [0.2, 0.25) is 0 Å². The standard InChI is InChI=1S/C20H15ClFN3O/c1-26-20-9-14(3-5-17(20)22)18-6-2-13(10-23-18)12-25-19-7-4-16(21)8-15(19)11-24-25/h2-11H,12H2,1H3. The highest BCUT2D eigenvalue weighted by atomic mass is 35.5. The van der Waals surface area contributed by atoms with Gasteiger partial charge in [0.1, 0.15) is 0 Å². The van der Waals surface area contributed by atoms with Crippen LogP contribution in [0.3, 0.4) is 0 Å². The second-order valence-corrected chi connectivity index (χ2v) is 6.34. The van der Waals surface area contributed by atoms with Crippen molar-refractivity contribution in [3.8, 4) is 17.0 Å². The molecule has 2 heterocycles. The Bertz CT molecular complexity index is 1080. The first-order valence-corrected chi connectivity index (χ1v) is 8.42. The van der Waals surface area contributed by atoms with Crippen LogP contribution in [-0.4, -0.2) is 21.9 Å². The fraction of sp³-hybridized carbons (Fsp3) is 0.100. The molecule has 0 radical (unpaired) electrons. The van der Waals surface area contributed by atoms with Crippen molar-refractivity contribution in [2.75, 3.05) is 7.11 Å². The van der Waals surface area contributed by atoms with E-state index < -0.39 is 5.82 Å². The van der Waals surface area contributed by atoms with Crippen molar-refractivity contribution in [1.82, 2.24) is 14.8 Å². The van der Waals surface area contributed by atoms with Crippen molar-refractivity contribution >= 4 is 22.5 Å². The molecule has 0 spiro atoms.